The fraction of sp³-hybridized carbons (Fsp3) is 0.529. The van der Waals surface area contributed by atoms with Gasteiger partial charge in [-0.3, -0.25) is 9.59 Å². The van der Waals surface area contributed by atoms with Crippen LogP contribution in [0.2, 0.25) is 0 Å². The lowest BCUT2D eigenvalue weighted by Gasteiger charge is -2.15. The second-order valence-electron chi connectivity index (χ2n) is 5.99. The average Bonchev–Trinajstić information content (AvgIpc) is 2.97. The first-order chi connectivity index (χ1) is 11.5. The highest BCUT2D eigenvalue weighted by molar-refractivity contribution is 5.94. The number of ether oxygens (including phenoxy) is 2. The quantitative estimate of drug-likeness (QED) is 0.696. The maximum atomic E-state index is 12.0. The highest BCUT2D eigenvalue weighted by Crippen LogP contribution is 2.27. The number of benzene rings is 1. The molecule has 0 bridgehead atoms. The Labute approximate surface area is 141 Å². The van der Waals surface area contributed by atoms with Gasteiger partial charge in [0.2, 0.25) is 11.8 Å². The van der Waals surface area contributed by atoms with Crippen LogP contribution >= 0.6 is 0 Å². The second kappa shape index (κ2) is 8.54. The zero-order chi connectivity index (χ0) is 17.5. The molecule has 0 spiro atoms. The van der Waals surface area contributed by atoms with Crippen molar-refractivity contribution in [1.29, 1.82) is 0 Å². The summed E-state index contributed by atoms with van der Waals surface area (Å²) < 4.78 is 10.3. The summed E-state index contributed by atoms with van der Waals surface area (Å²) in [5.74, 6) is 0.911. The maximum absolute atomic E-state index is 12.0. The Morgan fingerprint density at radius 3 is 2.33 bits per heavy atom. The maximum Gasteiger partial charge on any atom is 0.243 e. The SMILES string of the molecule is COc1cc(NC(=O)CNC(=O)C[C@@H]2CCC[C@H]2N)cc(OC)c1. The first-order valence-electron chi connectivity index (χ1n) is 8.07. The van der Waals surface area contributed by atoms with Gasteiger partial charge in [-0.05, 0) is 18.8 Å². The van der Waals surface area contributed by atoms with Crippen molar-refractivity contribution in [1.82, 2.24) is 5.32 Å². The predicted molar refractivity (Wildman–Crippen MR) is 91.1 cm³/mol. The molecule has 0 saturated heterocycles. The molecular weight excluding hydrogens is 310 g/mol. The molecule has 2 amide bonds. The summed E-state index contributed by atoms with van der Waals surface area (Å²) in [6.07, 6.45) is 3.39. The van der Waals surface area contributed by atoms with E-state index < -0.39 is 0 Å². The van der Waals surface area contributed by atoms with Gasteiger partial charge in [-0.25, -0.2) is 0 Å². The van der Waals surface area contributed by atoms with Crippen LogP contribution in [0.1, 0.15) is 25.7 Å². The van der Waals surface area contributed by atoms with E-state index in [1.807, 2.05) is 0 Å². The summed E-state index contributed by atoms with van der Waals surface area (Å²) in [6, 6.07) is 5.16. The fourth-order valence-electron chi connectivity index (χ4n) is 2.89. The van der Waals surface area contributed by atoms with Gasteiger partial charge < -0.3 is 25.8 Å². The minimum atomic E-state index is -0.311. The molecule has 1 fully saturated rings. The van der Waals surface area contributed by atoms with Gasteiger partial charge in [-0.2, -0.15) is 0 Å². The fourth-order valence-corrected chi connectivity index (χ4v) is 2.89. The van der Waals surface area contributed by atoms with E-state index in [1.54, 1.807) is 18.2 Å². The van der Waals surface area contributed by atoms with Gasteiger partial charge in [0.15, 0.2) is 0 Å². The van der Waals surface area contributed by atoms with E-state index in [9.17, 15) is 9.59 Å². The van der Waals surface area contributed by atoms with E-state index >= 15 is 0 Å². The Kier molecular flexibility index (Phi) is 6.43. The molecule has 1 saturated carbocycles. The smallest absolute Gasteiger partial charge is 0.243 e. The predicted octanol–water partition coefficient (Wildman–Crippen LogP) is 1.28. The Balaban J connectivity index is 1.81. The van der Waals surface area contributed by atoms with E-state index in [1.165, 1.54) is 14.2 Å². The highest BCUT2D eigenvalue weighted by atomic mass is 16.5. The van der Waals surface area contributed by atoms with Crippen LogP contribution in [0.5, 0.6) is 11.5 Å². The van der Waals surface area contributed by atoms with Gasteiger partial charge >= 0.3 is 0 Å². The number of anilines is 1. The van der Waals surface area contributed by atoms with Crippen LogP contribution in [0.25, 0.3) is 0 Å². The number of hydrogen-bond acceptors (Lipinski definition) is 5. The van der Waals surface area contributed by atoms with Crippen LogP contribution in [0.15, 0.2) is 18.2 Å². The number of amides is 2. The Hall–Kier alpha value is -2.28. The molecule has 1 aliphatic rings. The normalized spacial score (nSPS) is 19.6. The first kappa shape index (κ1) is 18.1. The van der Waals surface area contributed by atoms with E-state index in [-0.39, 0.29) is 30.3 Å². The first-order valence-corrected chi connectivity index (χ1v) is 8.07. The van der Waals surface area contributed by atoms with Crippen LogP contribution in [0.3, 0.4) is 0 Å². The summed E-state index contributed by atoms with van der Waals surface area (Å²) in [5, 5.41) is 5.35. The lowest BCUT2D eigenvalue weighted by atomic mass is 10.00. The lowest BCUT2D eigenvalue weighted by Crippen LogP contribution is -2.36. The molecule has 1 aromatic carbocycles. The van der Waals surface area contributed by atoms with Crippen molar-refractivity contribution in [2.24, 2.45) is 11.7 Å². The van der Waals surface area contributed by atoms with E-state index in [4.69, 9.17) is 15.2 Å². The third-order valence-electron chi connectivity index (χ3n) is 4.25. The molecule has 24 heavy (non-hydrogen) atoms. The van der Waals surface area contributed by atoms with Crippen LogP contribution in [0.4, 0.5) is 5.69 Å². The number of hydrogen-bond donors (Lipinski definition) is 3. The number of nitrogens with one attached hydrogen (secondary N) is 2. The molecule has 0 aliphatic heterocycles. The van der Waals surface area contributed by atoms with Crippen LogP contribution in [-0.2, 0) is 9.59 Å². The lowest BCUT2D eigenvalue weighted by molar-refractivity contribution is -0.124. The third-order valence-corrected chi connectivity index (χ3v) is 4.25. The van der Waals surface area contributed by atoms with Crippen molar-refractivity contribution in [2.45, 2.75) is 31.7 Å². The number of rotatable bonds is 7. The second-order valence-corrected chi connectivity index (χ2v) is 5.99. The molecule has 0 unspecified atom stereocenters. The highest BCUT2D eigenvalue weighted by Gasteiger charge is 2.26. The molecule has 0 aromatic heterocycles. The Morgan fingerprint density at radius 1 is 1.12 bits per heavy atom. The number of methoxy groups -OCH3 is 2. The zero-order valence-electron chi connectivity index (χ0n) is 14.1. The summed E-state index contributed by atoms with van der Waals surface area (Å²) in [6.45, 7) is -0.0830. The summed E-state index contributed by atoms with van der Waals surface area (Å²) >= 11 is 0. The third kappa shape index (κ3) is 5.13. The van der Waals surface area contributed by atoms with Gasteiger partial charge in [0, 0.05) is 36.3 Å². The molecule has 4 N–H and O–H groups in total. The molecule has 0 heterocycles. The number of carbonyl (C=O) groups excluding carboxylic acids is 2. The Morgan fingerprint density at radius 2 is 1.79 bits per heavy atom. The molecule has 1 aromatic rings. The summed E-state index contributed by atoms with van der Waals surface area (Å²) in [5.41, 5.74) is 6.50. The molecule has 2 rings (SSSR count). The van der Waals surface area contributed by atoms with Crippen LogP contribution in [0, 0.1) is 5.92 Å². The molecule has 1 aliphatic carbocycles. The van der Waals surface area contributed by atoms with Gasteiger partial charge in [0.05, 0.1) is 20.8 Å². The minimum absolute atomic E-state index is 0.0830. The summed E-state index contributed by atoms with van der Waals surface area (Å²) in [7, 11) is 3.07. The zero-order valence-corrected chi connectivity index (χ0v) is 14.1. The molecule has 7 nitrogen and oxygen atoms in total. The molecular formula is C17H25N3O4. The van der Waals surface area contributed by atoms with Crippen molar-refractivity contribution >= 4 is 17.5 Å². The summed E-state index contributed by atoms with van der Waals surface area (Å²) in [4.78, 5) is 23.9. The largest absolute Gasteiger partial charge is 0.497 e. The van der Waals surface area contributed by atoms with Gasteiger partial charge in [0.25, 0.3) is 0 Å². The average molecular weight is 335 g/mol. The van der Waals surface area contributed by atoms with Gasteiger partial charge in [-0.1, -0.05) is 6.42 Å². The van der Waals surface area contributed by atoms with E-state index in [2.05, 4.69) is 10.6 Å². The number of nitrogens with two attached hydrogens (primary N) is 1. The van der Waals surface area contributed by atoms with E-state index in [0.29, 0.717) is 23.6 Å². The van der Waals surface area contributed by atoms with Crippen molar-refractivity contribution < 1.29 is 19.1 Å². The van der Waals surface area contributed by atoms with Crippen molar-refractivity contribution in [3.05, 3.63) is 18.2 Å². The van der Waals surface area contributed by atoms with Gasteiger partial charge in [0.1, 0.15) is 11.5 Å². The standard InChI is InChI=1S/C17H25N3O4/c1-23-13-7-12(8-14(9-13)24-2)20-17(22)10-19-16(21)6-11-4-3-5-15(11)18/h7-9,11,15H,3-6,10,18H2,1-2H3,(H,19,21)(H,20,22)/t11-,15+/m0/s1. The Bertz CT molecular complexity index is 569. The van der Waals surface area contributed by atoms with Gasteiger partial charge in [-0.15, -0.1) is 0 Å². The molecule has 0 radical (unpaired) electrons. The molecule has 7 heteroatoms. The monoisotopic (exact) mass is 335 g/mol. The number of carbonyl (C=O) groups is 2. The van der Waals surface area contributed by atoms with Crippen LogP contribution in [-0.4, -0.2) is 38.6 Å². The van der Waals surface area contributed by atoms with Crippen molar-refractivity contribution in [3.8, 4) is 11.5 Å². The minimum Gasteiger partial charge on any atom is -0.497 e. The van der Waals surface area contributed by atoms with Crippen LogP contribution < -0.4 is 25.8 Å². The molecule has 132 valence electrons. The topological polar surface area (TPSA) is 103 Å². The van der Waals surface area contributed by atoms with E-state index in [0.717, 1.165) is 19.3 Å². The van der Waals surface area contributed by atoms with Crippen molar-refractivity contribution in [2.75, 3.05) is 26.1 Å². The molecule has 2 atom stereocenters. The van der Waals surface area contributed by atoms with Crippen molar-refractivity contribution in [3.63, 3.8) is 0 Å².